The van der Waals surface area contributed by atoms with Crippen LogP contribution in [0.1, 0.15) is 75.7 Å². The van der Waals surface area contributed by atoms with E-state index in [0.29, 0.717) is 25.0 Å². The van der Waals surface area contributed by atoms with Crippen LogP contribution in [0.2, 0.25) is 0 Å². The number of rotatable bonds is 6. The van der Waals surface area contributed by atoms with Gasteiger partial charge in [-0.05, 0) is 52.0 Å². The smallest absolute Gasteiger partial charge is 0.435 e. The molecule has 0 saturated carbocycles. The molecule has 2 heterocycles. The topological polar surface area (TPSA) is 116 Å². The molecule has 0 bridgehead atoms. The molecule has 0 saturated heterocycles. The maximum atomic E-state index is 13.5. The third-order valence-corrected chi connectivity index (χ3v) is 6.46. The summed E-state index contributed by atoms with van der Waals surface area (Å²) in [5, 5.41) is 6.28. The van der Waals surface area contributed by atoms with Crippen LogP contribution < -0.4 is 11.1 Å². The molecule has 3 rings (SSSR count). The molecule has 8 nitrogen and oxygen atoms in total. The number of esters is 1. The van der Waals surface area contributed by atoms with E-state index in [1.54, 1.807) is 13.8 Å². The third-order valence-electron chi connectivity index (χ3n) is 5.24. The highest BCUT2D eigenvalue weighted by molar-refractivity contribution is 7.18. The number of nitrogens with one attached hydrogen (secondary N) is 1. The number of fused-ring (bicyclic) bond motifs is 1. The van der Waals surface area contributed by atoms with Gasteiger partial charge < -0.3 is 15.8 Å². The first-order valence-electron chi connectivity index (χ1n) is 10.5. The standard InChI is InChI=1S/C21H25F3N4O4S/c1-10(2)32-20(31)15-11(3)16(18(25)30)33-19(15)26-14(29)9-28-13-8-6-4-5-7-12(13)17(27-28)21(22,23)24/h10H,4-9H2,1-3H3,(H2,25,30)(H,26,29). The Balaban J connectivity index is 1.92. The van der Waals surface area contributed by atoms with Crippen LogP contribution in [-0.2, 0) is 35.1 Å². The van der Waals surface area contributed by atoms with Gasteiger partial charge in [-0.2, -0.15) is 18.3 Å². The molecule has 2 amide bonds. The number of hydrogen-bond acceptors (Lipinski definition) is 6. The minimum atomic E-state index is -4.62. The van der Waals surface area contributed by atoms with Crippen molar-refractivity contribution < 1.29 is 32.3 Å². The molecule has 2 aromatic heterocycles. The van der Waals surface area contributed by atoms with E-state index in [0.717, 1.165) is 22.4 Å². The number of nitrogens with two attached hydrogens (primary N) is 1. The maximum absolute atomic E-state index is 13.5. The van der Waals surface area contributed by atoms with Gasteiger partial charge in [0.15, 0.2) is 5.69 Å². The van der Waals surface area contributed by atoms with Crippen molar-refractivity contribution in [2.45, 2.75) is 71.7 Å². The van der Waals surface area contributed by atoms with Crippen molar-refractivity contribution in [3.05, 3.63) is 33.0 Å². The molecule has 1 aliphatic carbocycles. The number of thiophene rings is 1. The fourth-order valence-electron chi connectivity index (χ4n) is 3.86. The number of carbonyl (C=O) groups is 3. The van der Waals surface area contributed by atoms with Crippen molar-refractivity contribution >= 4 is 34.1 Å². The van der Waals surface area contributed by atoms with Crippen LogP contribution in [-0.4, -0.2) is 33.7 Å². The van der Waals surface area contributed by atoms with Crippen LogP contribution in [0, 0.1) is 6.92 Å². The molecule has 0 atom stereocenters. The van der Waals surface area contributed by atoms with E-state index >= 15 is 0 Å². The van der Waals surface area contributed by atoms with Crippen LogP contribution in [0.25, 0.3) is 0 Å². The Kier molecular flexibility index (Phi) is 7.15. The molecule has 2 aromatic rings. The molecular formula is C21H25F3N4O4S. The molecule has 0 spiro atoms. The summed E-state index contributed by atoms with van der Waals surface area (Å²) >= 11 is 0.813. The minimum absolute atomic E-state index is 0.00822. The average Bonchev–Trinajstić information content (AvgIpc) is 3.07. The van der Waals surface area contributed by atoms with Gasteiger partial charge >= 0.3 is 12.1 Å². The number of hydrogen-bond donors (Lipinski definition) is 2. The summed E-state index contributed by atoms with van der Waals surface area (Å²) in [6.45, 7) is 4.33. The van der Waals surface area contributed by atoms with Gasteiger partial charge in [-0.25, -0.2) is 4.79 Å². The summed E-state index contributed by atoms with van der Waals surface area (Å²) in [5.74, 6) is -2.20. The van der Waals surface area contributed by atoms with E-state index in [9.17, 15) is 27.6 Å². The number of anilines is 1. The zero-order valence-corrected chi connectivity index (χ0v) is 19.3. The van der Waals surface area contributed by atoms with Crippen molar-refractivity contribution in [3.63, 3.8) is 0 Å². The number of ether oxygens (including phenoxy) is 1. The molecule has 0 aliphatic heterocycles. The number of amides is 2. The highest BCUT2D eigenvalue weighted by Crippen LogP contribution is 2.36. The maximum Gasteiger partial charge on any atom is 0.435 e. The zero-order valence-electron chi connectivity index (χ0n) is 18.5. The fraction of sp³-hybridized carbons (Fsp3) is 0.524. The second kappa shape index (κ2) is 9.54. The highest BCUT2D eigenvalue weighted by Gasteiger charge is 2.39. The summed E-state index contributed by atoms with van der Waals surface area (Å²) in [6, 6.07) is 0. The number of aromatic nitrogens is 2. The number of halogens is 3. The Morgan fingerprint density at radius 3 is 2.48 bits per heavy atom. The van der Waals surface area contributed by atoms with E-state index in [4.69, 9.17) is 10.5 Å². The normalized spacial score (nSPS) is 14.0. The van der Waals surface area contributed by atoms with Crippen LogP contribution in [0.4, 0.5) is 18.2 Å². The van der Waals surface area contributed by atoms with E-state index in [-0.39, 0.29) is 33.0 Å². The highest BCUT2D eigenvalue weighted by atomic mass is 32.1. The first-order valence-corrected chi connectivity index (χ1v) is 11.3. The van der Waals surface area contributed by atoms with Crippen molar-refractivity contribution in [2.75, 3.05) is 5.32 Å². The summed E-state index contributed by atoms with van der Waals surface area (Å²) in [7, 11) is 0. The number of alkyl halides is 3. The largest absolute Gasteiger partial charge is 0.459 e. The van der Waals surface area contributed by atoms with E-state index < -0.39 is 42.3 Å². The fourth-order valence-corrected chi connectivity index (χ4v) is 4.93. The lowest BCUT2D eigenvalue weighted by atomic mass is 10.1. The summed E-state index contributed by atoms with van der Waals surface area (Å²) in [5.41, 5.74) is 5.20. The molecular weight excluding hydrogens is 461 g/mol. The molecule has 180 valence electrons. The van der Waals surface area contributed by atoms with Gasteiger partial charge in [0.2, 0.25) is 5.91 Å². The predicted octanol–water partition coefficient (Wildman–Crippen LogP) is 3.84. The summed E-state index contributed by atoms with van der Waals surface area (Å²) < 4.78 is 46.8. The van der Waals surface area contributed by atoms with Crippen molar-refractivity contribution in [3.8, 4) is 0 Å². The molecule has 0 unspecified atom stereocenters. The molecule has 33 heavy (non-hydrogen) atoms. The van der Waals surface area contributed by atoms with Crippen LogP contribution in [0.15, 0.2) is 0 Å². The van der Waals surface area contributed by atoms with E-state index in [1.165, 1.54) is 6.92 Å². The van der Waals surface area contributed by atoms with Gasteiger partial charge in [-0.15, -0.1) is 11.3 Å². The van der Waals surface area contributed by atoms with Gasteiger partial charge in [0.1, 0.15) is 11.5 Å². The lowest BCUT2D eigenvalue weighted by Gasteiger charge is -2.11. The second-order valence-corrected chi connectivity index (χ2v) is 9.14. The number of carbonyl (C=O) groups excluding carboxylic acids is 3. The molecule has 12 heteroatoms. The first kappa shape index (κ1) is 24.7. The summed E-state index contributed by atoms with van der Waals surface area (Å²) in [6.07, 6.45) is -2.30. The summed E-state index contributed by atoms with van der Waals surface area (Å²) in [4.78, 5) is 37.2. The minimum Gasteiger partial charge on any atom is -0.459 e. The quantitative estimate of drug-likeness (QED) is 0.475. The first-order chi connectivity index (χ1) is 15.4. The Morgan fingerprint density at radius 1 is 1.21 bits per heavy atom. The molecule has 0 radical (unpaired) electrons. The van der Waals surface area contributed by atoms with Gasteiger partial charge in [-0.3, -0.25) is 14.3 Å². The van der Waals surface area contributed by atoms with Crippen LogP contribution in [0.5, 0.6) is 0 Å². The molecule has 0 fully saturated rings. The lowest BCUT2D eigenvalue weighted by molar-refractivity contribution is -0.142. The third kappa shape index (κ3) is 5.37. The second-order valence-electron chi connectivity index (χ2n) is 8.12. The van der Waals surface area contributed by atoms with Gasteiger partial charge in [0.05, 0.1) is 16.5 Å². The molecule has 0 aromatic carbocycles. The van der Waals surface area contributed by atoms with Crippen molar-refractivity contribution in [2.24, 2.45) is 5.73 Å². The van der Waals surface area contributed by atoms with Crippen molar-refractivity contribution in [1.29, 1.82) is 0 Å². The number of primary amides is 1. The monoisotopic (exact) mass is 486 g/mol. The van der Waals surface area contributed by atoms with Gasteiger partial charge in [0, 0.05) is 11.3 Å². The van der Waals surface area contributed by atoms with Crippen LogP contribution in [0.3, 0.4) is 0 Å². The molecule has 1 aliphatic rings. The Bertz CT molecular complexity index is 1090. The molecule has 3 N–H and O–H groups in total. The SMILES string of the molecule is Cc1c(C(N)=O)sc(NC(=O)Cn2nc(C(F)(F)F)c3c2CCCCC3)c1C(=O)OC(C)C. The van der Waals surface area contributed by atoms with E-state index in [2.05, 4.69) is 10.4 Å². The van der Waals surface area contributed by atoms with Crippen molar-refractivity contribution in [1.82, 2.24) is 9.78 Å². The lowest BCUT2D eigenvalue weighted by Crippen LogP contribution is -2.22. The Labute approximate surface area is 192 Å². The Morgan fingerprint density at radius 2 is 1.88 bits per heavy atom. The predicted molar refractivity (Wildman–Crippen MR) is 115 cm³/mol. The average molecular weight is 487 g/mol. The Hall–Kier alpha value is -2.89. The van der Waals surface area contributed by atoms with E-state index in [1.807, 2.05) is 0 Å². The zero-order chi connectivity index (χ0) is 24.5. The number of nitrogens with zero attached hydrogens (tertiary/aromatic N) is 2. The van der Waals surface area contributed by atoms with Gasteiger partial charge in [-0.1, -0.05) is 6.42 Å². The van der Waals surface area contributed by atoms with Crippen LogP contribution >= 0.6 is 11.3 Å². The van der Waals surface area contributed by atoms with Gasteiger partial charge in [0.25, 0.3) is 5.91 Å².